The molecule has 0 radical (unpaired) electrons. The molecule has 8 aromatic rings. The second kappa shape index (κ2) is 37.5. The molecular weight excluding hydrogens is 1660 g/mol. The monoisotopic (exact) mass is 1750 g/mol. The molecule has 4 unspecified atom stereocenters. The van der Waals surface area contributed by atoms with Gasteiger partial charge in [-0.05, 0) is 239 Å². The van der Waals surface area contributed by atoms with Crippen LogP contribution in [-0.4, -0.2) is 151 Å². The van der Waals surface area contributed by atoms with Crippen LogP contribution >= 0.6 is 90.5 Å². The molecule has 6 heterocycles. The van der Waals surface area contributed by atoms with Crippen molar-refractivity contribution < 1.29 is 67.8 Å². The molecule has 4 aromatic heterocycles. The molecule has 564 valence electrons. The number of aliphatic hydroxyl groups is 2. The van der Waals surface area contributed by atoms with E-state index < -0.39 is 12.2 Å². The van der Waals surface area contributed by atoms with Crippen LogP contribution in [0.2, 0.25) is 0 Å². The number of para-hydroxylation sites is 2. The summed E-state index contributed by atoms with van der Waals surface area (Å²) in [5.74, 6) is 1.89. The first-order valence-corrected chi connectivity index (χ1v) is 43.0. The quantitative estimate of drug-likeness (QED) is 0.123. The van der Waals surface area contributed by atoms with E-state index in [1.54, 1.807) is 45.3 Å². The Hall–Kier alpha value is -6.14. The van der Waals surface area contributed by atoms with E-state index in [0.29, 0.717) is 156 Å². The van der Waals surface area contributed by atoms with Crippen molar-refractivity contribution in [1.82, 2.24) is 0 Å². The summed E-state index contributed by atoms with van der Waals surface area (Å²) in [7, 11) is 0. The van der Waals surface area contributed by atoms with E-state index in [9.17, 15) is 20.4 Å². The summed E-state index contributed by atoms with van der Waals surface area (Å²) in [5.41, 5.74) is 13.7. The van der Waals surface area contributed by atoms with Gasteiger partial charge >= 0.3 is 0 Å². The topological polar surface area (TPSA) is 173 Å². The predicted octanol–water partition coefficient (Wildman–Crippen LogP) is 17.9. The molecule has 0 saturated carbocycles. The van der Waals surface area contributed by atoms with Crippen molar-refractivity contribution in [3.05, 3.63) is 260 Å². The third kappa shape index (κ3) is 19.1. The van der Waals surface area contributed by atoms with Gasteiger partial charge in [-0.15, -0.1) is 45.3 Å². The Labute approximate surface area is 675 Å². The maximum Gasteiger partial charge on any atom is 0.126 e. The number of ether oxygens (including phenoxy) is 10. The zero-order chi connectivity index (χ0) is 73.7. The van der Waals surface area contributed by atoms with Crippen LogP contribution in [0.3, 0.4) is 0 Å². The average molecular weight is 1750 g/mol. The fraction of sp³-hybridized carbons (Fsp3) is 0.364. The number of thiophene rings is 4. The zero-order valence-corrected chi connectivity index (χ0v) is 67.8. The minimum Gasteiger partial charge on any atom is -0.507 e. The number of hydrogen-bond donors (Lipinski definition) is 4. The summed E-state index contributed by atoms with van der Waals surface area (Å²) in [6.45, 7) is 6.97. The van der Waals surface area contributed by atoms with E-state index in [1.165, 1.54) is 24.4 Å². The van der Waals surface area contributed by atoms with Crippen LogP contribution in [0.15, 0.2) is 207 Å². The Morgan fingerprint density at radius 3 is 1.28 bits per heavy atom. The molecule has 6 aliphatic carbocycles. The highest BCUT2D eigenvalue weighted by Crippen LogP contribution is 2.47. The number of halogens is 2. The van der Waals surface area contributed by atoms with Crippen LogP contribution in [-0.2, 0) is 76.4 Å². The number of phenols is 2. The lowest BCUT2D eigenvalue weighted by Gasteiger charge is -2.35. The normalized spacial score (nSPS) is 24.1. The number of benzene rings is 4. The SMILES string of the molecule is Oc1c2cc(-c3ccc(-c4cccs4)s3)cc1Cc1cccc3c1OCCOCCOCCOCCOC1C(=CC=CC1C[C@@H]1C=C(c4ccc(-c5cccs5)s4)C=C(C3)[C@@H]1O)C2.Oc1c2cc(I)cc1Cc1cccc3c1OCCOCCOCCOCCOC1C(=CC=CC1C[C@@H]1C=C(I)C=C(C3)[C@@H]1O)C2. The molecule has 16 rings (SSSR count). The third-order valence-corrected chi connectivity index (χ3v) is 26.6. The predicted molar refractivity (Wildman–Crippen MR) is 448 cm³/mol. The van der Waals surface area contributed by atoms with E-state index >= 15 is 0 Å². The second-order valence-electron chi connectivity index (χ2n) is 28.2. The minimum atomic E-state index is -0.716. The lowest BCUT2D eigenvalue weighted by Crippen LogP contribution is -2.34. The zero-order valence-electron chi connectivity index (χ0n) is 60.2. The Morgan fingerprint density at radius 1 is 0.370 bits per heavy atom. The molecule has 0 saturated heterocycles. The first-order chi connectivity index (χ1) is 53.0. The van der Waals surface area contributed by atoms with Gasteiger partial charge < -0.3 is 67.8 Å². The Kier molecular flexibility index (Phi) is 26.8. The van der Waals surface area contributed by atoms with Gasteiger partial charge in [-0.1, -0.05) is 103 Å². The van der Waals surface area contributed by atoms with Crippen LogP contribution in [0.5, 0.6) is 23.0 Å². The number of hydrogen-bond acceptors (Lipinski definition) is 18. The van der Waals surface area contributed by atoms with Crippen LogP contribution in [0.25, 0.3) is 35.5 Å². The van der Waals surface area contributed by atoms with E-state index in [2.05, 4.69) is 220 Å². The minimum absolute atomic E-state index is 0.0433. The van der Waals surface area contributed by atoms with Gasteiger partial charge in [0.15, 0.2) is 0 Å². The van der Waals surface area contributed by atoms with Crippen LogP contribution in [0, 0.1) is 27.2 Å². The summed E-state index contributed by atoms with van der Waals surface area (Å²) in [6.07, 6.45) is 24.3. The van der Waals surface area contributed by atoms with Gasteiger partial charge in [-0.2, -0.15) is 0 Å². The fourth-order valence-electron chi connectivity index (χ4n) is 15.8. The smallest absolute Gasteiger partial charge is 0.126 e. The summed E-state index contributed by atoms with van der Waals surface area (Å²) in [6, 6.07) is 38.3. The number of allylic oxidation sites excluding steroid dienone is 8. The Morgan fingerprint density at radius 2 is 0.778 bits per heavy atom. The van der Waals surface area contributed by atoms with E-state index in [0.717, 1.165) is 108 Å². The van der Waals surface area contributed by atoms with Gasteiger partial charge in [0.25, 0.3) is 0 Å². The molecule has 108 heavy (non-hydrogen) atoms. The maximum absolute atomic E-state index is 12.5. The second-order valence-corrected chi connectivity index (χ2v) is 34.8. The molecule has 4 N–H and O–H groups in total. The van der Waals surface area contributed by atoms with Crippen LogP contribution in [0.1, 0.15) is 62.2 Å². The van der Waals surface area contributed by atoms with Crippen molar-refractivity contribution in [2.45, 2.75) is 75.8 Å². The highest BCUT2D eigenvalue weighted by Gasteiger charge is 2.37. The molecule has 0 spiro atoms. The average Bonchev–Trinajstić information content (AvgIpc) is 1.64. The van der Waals surface area contributed by atoms with Crippen molar-refractivity contribution >= 4 is 96.1 Å². The van der Waals surface area contributed by atoms with Gasteiger partial charge in [0.05, 0.1) is 117 Å². The lowest BCUT2D eigenvalue weighted by molar-refractivity contribution is -0.0236. The molecule has 0 fully saturated rings. The number of aliphatic hydroxyl groups excluding tert-OH is 2. The summed E-state index contributed by atoms with van der Waals surface area (Å²) >= 11 is 11.8. The van der Waals surface area contributed by atoms with E-state index in [4.69, 9.17) is 47.4 Å². The number of aromatic hydroxyl groups is 2. The summed E-state index contributed by atoms with van der Waals surface area (Å²) in [5, 5.41) is 52.5. The van der Waals surface area contributed by atoms with Crippen molar-refractivity contribution in [1.29, 1.82) is 0 Å². The number of fused-ring (bicyclic) bond motifs is 4. The van der Waals surface area contributed by atoms with E-state index in [1.807, 2.05) is 6.07 Å². The number of rotatable bonds is 4. The van der Waals surface area contributed by atoms with Crippen LogP contribution < -0.4 is 9.47 Å². The molecule has 2 aliphatic heterocycles. The van der Waals surface area contributed by atoms with Gasteiger partial charge in [-0.3, -0.25) is 0 Å². The lowest BCUT2D eigenvalue weighted by atomic mass is 9.75. The molecule has 20 heteroatoms. The first-order valence-electron chi connectivity index (χ1n) is 37.4. The summed E-state index contributed by atoms with van der Waals surface area (Å²) < 4.78 is 63.9. The Bertz CT molecular complexity index is 4670. The highest BCUT2D eigenvalue weighted by molar-refractivity contribution is 14.1. The summed E-state index contributed by atoms with van der Waals surface area (Å²) in [4.78, 5) is 7.28. The third-order valence-electron chi connectivity index (χ3n) is 20.9. The number of phenolic OH excluding ortho intramolecular Hbond substituents is 2. The maximum atomic E-state index is 12.5. The molecule has 8 atom stereocenters. The van der Waals surface area contributed by atoms with Gasteiger partial charge in [0, 0.05) is 72.9 Å². The van der Waals surface area contributed by atoms with Gasteiger partial charge in [0.2, 0.25) is 0 Å². The molecule has 20 bridgehead atoms. The van der Waals surface area contributed by atoms with Gasteiger partial charge in [0.1, 0.15) is 36.2 Å². The first kappa shape index (κ1) is 77.2. The van der Waals surface area contributed by atoms with Crippen molar-refractivity contribution in [2.75, 3.05) is 106 Å². The van der Waals surface area contributed by atoms with Crippen molar-refractivity contribution in [2.24, 2.45) is 23.7 Å². The van der Waals surface area contributed by atoms with Gasteiger partial charge in [-0.25, -0.2) is 0 Å². The molecule has 14 nitrogen and oxygen atoms in total. The fourth-order valence-corrected chi connectivity index (χ4v) is 21.0. The van der Waals surface area contributed by atoms with E-state index in [-0.39, 0.29) is 41.6 Å². The Balaban J connectivity index is 0.000000183. The molecule has 0 amide bonds. The highest BCUT2D eigenvalue weighted by atomic mass is 127. The largest absolute Gasteiger partial charge is 0.507 e. The van der Waals surface area contributed by atoms with Crippen molar-refractivity contribution in [3.8, 4) is 52.9 Å². The van der Waals surface area contributed by atoms with Crippen LogP contribution in [0.4, 0.5) is 0 Å². The molecule has 4 aromatic carbocycles. The molecular formula is C88H90I2O14S4. The standard InChI is InChI=1S/C52H50O7S4.C36H40I2O7/c53-49-39-25-33-5-1-6-34-26-40-30-38(44-12-14-48(63-44)46-10-4-24-61-46)32-42(50(40)54)28-36-8-2-7-35(52(36)59-22-20-57-18-16-55-15-17-56-19-21-58-51(33)34)27-41(49)31-37(29-39)43-11-13-47(62-43)45-9-3-23-60-45;37-31-19-27-15-23-3-1-4-24-16-28-20-32(38)22-30(34(28)40)18-26-6-2-5-25(17-29(21-31)33(27)39)36(26)45-14-12-43-10-8-41-7-9-42-11-13-44-35(23)24/h1-14,23-24,29-33,39,49,51,53-54H,15-22,25-28H2;1-6,19-23,27,33,35,39-40H,7-18H2/t33?,39-,49-,51?;23?,27-,33-,35?/m11/s1. The van der Waals surface area contributed by atoms with Crippen molar-refractivity contribution in [3.63, 3.8) is 0 Å². The molecule has 8 aliphatic rings.